The lowest BCUT2D eigenvalue weighted by Crippen LogP contribution is -2.50. The highest BCUT2D eigenvalue weighted by atomic mass is 32.2. The van der Waals surface area contributed by atoms with E-state index in [1.54, 1.807) is 17.0 Å². The Labute approximate surface area is 147 Å². The Kier molecular flexibility index (Phi) is 5.25. The van der Waals surface area contributed by atoms with Gasteiger partial charge in [-0.2, -0.15) is 4.31 Å². The van der Waals surface area contributed by atoms with Crippen LogP contribution in [0.25, 0.3) is 6.08 Å². The van der Waals surface area contributed by atoms with E-state index in [1.165, 1.54) is 28.8 Å². The average molecular weight is 357 g/mol. The molecule has 0 bridgehead atoms. The van der Waals surface area contributed by atoms with Crippen LogP contribution in [0.4, 0.5) is 0 Å². The zero-order valence-electron chi connectivity index (χ0n) is 13.7. The van der Waals surface area contributed by atoms with Gasteiger partial charge in [0, 0.05) is 44.6 Å². The van der Waals surface area contributed by atoms with E-state index in [0.717, 1.165) is 5.56 Å². The Morgan fingerprint density at radius 3 is 2.36 bits per heavy atom. The maximum absolute atomic E-state index is 12.5. The molecule has 0 N–H and O–H groups in total. The number of benzene rings is 1. The molecule has 0 spiro atoms. The lowest BCUT2D eigenvalue weighted by atomic mass is 10.2. The Hall–Kier alpha value is -2.51. The van der Waals surface area contributed by atoms with Gasteiger partial charge in [0.05, 0.1) is 0 Å². The molecule has 1 saturated heterocycles. The lowest BCUT2D eigenvalue weighted by Gasteiger charge is -2.33. The van der Waals surface area contributed by atoms with Gasteiger partial charge < -0.3 is 4.90 Å². The van der Waals surface area contributed by atoms with E-state index in [4.69, 9.17) is 0 Å². The summed E-state index contributed by atoms with van der Waals surface area (Å²) in [6.45, 7) is 1.30. The van der Waals surface area contributed by atoms with E-state index in [2.05, 4.69) is 4.98 Å². The monoisotopic (exact) mass is 357 g/mol. The summed E-state index contributed by atoms with van der Waals surface area (Å²) in [6, 6.07) is 12.7. The van der Waals surface area contributed by atoms with Gasteiger partial charge in [-0.1, -0.05) is 30.3 Å². The SMILES string of the molecule is O=C(/C=C/c1ccccc1)N1CCN(S(=O)(=O)c2cccnc2)CC1. The zero-order valence-corrected chi connectivity index (χ0v) is 14.5. The van der Waals surface area contributed by atoms with Gasteiger partial charge in [-0.25, -0.2) is 8.42 Å². The first kappa shape index (κ1) is 17.3. The summed E-state index contributed by atoms with van der Waals surface area (Å²) in [7, 11) is -3.55. The van der Waals surface area contributed by atoms with Gasteiger partial charge in [-0.15, -0.1) is 0 Å². The van der Waals surface area contributed by atoms with Crippen LogP contribution in [0, 0.1) is 0 Å². The summed E-state index contributed by atoms with van der Waals surface area (Å²) in [5, 5.41) is 0. The fourth-order valence-electron chi connectivity index (χ4n) is 2.63. The standard InChI is InChI=1S/C18H19N3O3S/c22-18(9-8-16-5-2-1-3-6-16)20-11-13-21(14-12-20)25(23,24)17-7-4-10-19-15-17/h1-10,15H,11-14H2/b9-8+. The Morgan fingerprint density at radius 2 is 1.72 bits per heavy atom. The number of carbonyl (C=O) groups is 1. The summed E-state index contributed by atoms with van der Waals surface area (Å²) in [5.41, 5.74) is 0.952. The highest BCUT2D eigenvalue weighted by Gasteiger charge is 2.29. The number of amides is 1. The van der Waals surface area contributed by atoms with Gasteiger partial charge in [0.1, 0.15) is 4.90 Å². The van der Waals surface area contributed by atoms with Crippen LogP contribution in [0.3, 0.4) is 0 Å². The second-order valence-corrected chi connectivity index (χ2v) is 7.60. The largest absolute Gasteiger partial charge is 0.337 e. The van der Waals surface area contributed by atoms with Crippen LogP contribution in [0.15, 0.2) is 65.8 Å². The summed E-state index contributed by atoms with van der Waals surface area (Å²) >= 11 is 0. The normalized spacial score (nSPS) is 16.2. The number of sulfonamides is 1. The van der Waals surface area contributed by atoms with Crippen LogP contribution in [-0.4, -0.2) is 54.7 Å². The minimum absolute atomic E-state index is 0.109. The summed E-state index contributed by atoms with van der Waals surface area (Å²) in [6.07, 6.45) is 6.17. The van der Waals surface area contributed by atoms with Gasteiger partial charge in [-0.05, 0) is 23.8 Å². The average Bonchev–Trinajstić information content (AvgIpc) is 2.68. The molecule has 1 fully saturated rings. The lowest BCUT2D eigenvalue weighted by molar-refractivity contribution is -0.127. The number of nitrogens with zero attached hydrogens (tertiary/aromatic N) is 3. The Balaban J connectivity index is 1.60. The molecule has 1 aromatic carbocycles. The fourth-order valence-corrected chi connectivity index (χ4v) is 4.02. The maximum Gasteiger partial charge on any atom is 0.246 e. The smallest absolute Gasteiger partial charge is 0.246 e. The molecule has 7 heteroatoms. The molecular weight excluding hydrogens is 338 g/mol. The predicted molar refractivity (Wildman–Crippen MR) is 95.1 cm³/mol. The molecule has 6 nitrogen and oxygen atoms in total. The molecule has 25 heavy (non-hydrogen) atoms. The number of piperazine rings is 1. The van der Waals surface area contributed by atoms with Gasteiger partial charge in [0.2, 0.25) is 15.9 Å². The van der Waals surface area contributed by atoms with Crippen molar-refractivity contribution >= 4 is 22.0 Å². The third-order valence-electron chi connectivity index (χ3n) is 4.04. The van der Waals surface area contributed by atoms with Gasteiger partial charge in [0.15, 0.2) is 0 Å². The van der Waals surface area contributed by atoms with Crippen LogP contribution in [0.5, 0.6) is 0 Å². The molecule has 1 aromatic heterocycles. The minimum Gasteiger partial charge on any atom is -0.337 e. The van der Waals surface area contributed by atoms with E-state index in [-0.39, 0.29) is 23.9 Å². The van der Waals surface area contributed by atoms with E-state index in [1.807, 2.05) is 30.3 Å². The molecule has 0 saturated carbocycles. The topological polar surface area (TPSA) is 70.6 Å². The molecule has 2 aromatic rings. The first-order valence-electron chi connectivity index (χ1n) is 7.99. The molecule has 0 unspecified atom stereocenters. The number of rotatable bonds is 4. The highest BCUT2D eigenvalue weighted by Crippen LogP contribution is 2.16. The fraction of sp³-hybridized carbons (Fsp3) is 0.222. The van der Waals surface area contributed by atoms with Crippen LogP contribution >= 0.6 is 0 Å². The molecule has 1 amide bonds. The first-order valence-corrected chi connectivity index (χ1v) is 9.43. The molecular formula is C18H19N3O3S. The molecule has 0 radical (unpaired) electrons. The molecule has 1 aliphatic heterocycles. The number of pyridine rings is 1. The molecule has 2 heterocycles. The Bertz CT molecular complexity index is 844. The number of hydrogen-bond acceptors (Lipinski definition) is 4. The Morgan fingerprint density at radius 1 is 1.00 bits per heavy atom. The minimum atomic E-state index is -3.55. The van der Waals surface area contributed by atoms with E-state index < -0.39 is 10.0 Å². The van der Waals surface area contributed by atoms with Crippen molar-refractivity contribution in [3.05, 3.63) is 66.5 Å². The van der Waals surface area contributed by atoms with E-state index in [9.17, 15) is 13.2 Å². The van der Waals surface area contributed by atoms with Gasteiger partial charge >= 0.3 is 0 Å². The number of aromatic nitrogens is 1. The summed E-state index contributed by atoms with van der Waals surface area (Å²) in [4.78, 5) is 18.0. The van der Waals surface area contributed by atoms with Crippen LogP contribution < -0.4 is 0 Å². The molecule has 1 aliphatic rings. The van der Waals surface area contributed by atoms with Crippen LogP contribution in [0.2, 0.25) is 0 Å². The van der Waals surface area contributed by atoms with Crippen molar-refractivity contribution in [2.45, 2.75) is 4.90 Å². The van der Waals surface area contributed by atoms with Crippen molar-refractivity contribution in [1.29, 1.82) is 0 Å². The second-order valence-electron chi connectivity index (χ2n) is 5.66. The van der Waals surface area contributed by atoms with Crippen LogP contribution in [-0.2, 0) is 14.8 Å². The number of carbonyl (C=O) groups excluding carboxylic acids is 1. The van der Waals surface area contributed by atoms with Crippen molar-refractivity contribution in [3.8, 4) is 0 Å². The maximum atomic E-state index is 12.5. The third-order valence-corrected chi connectivity index (χ3v) is 5.92. The highest BCUT2D eigenvalue weighted by molar-refractivity contribution is 7.89. The molecule has 3 rings (SSSR count). The molecule has 0 atom stereocenters. The quantitative estimate of drug-likeness (QED) is 0.780. The van der Waals surface area contributed by atoms with Crippen LogP contribution in [0.1, 0.15) is 5.56 Å². The third kappa shape index (κ3) is 4.12. The zero-order chi connectivity index (χ0) is 17.7. The second kappa shape index (κ2) is 7.58. The molecule has 130 valence electrons. The predicted octanol–water partition coefficient (Wildman–Crippen LogP) is 1.63. The first-order chi connectivity index (χ1) is 12.1. The number of hydrogen-bond donors (Lipinski definition) is 0. The van der Waals surface area contributed by atoms with Crippen molar-refractivity contribution in [2.75, 3.05) is 26.2 Å². The van der Waals surface area contributed by atoms with E-state index in [0.29, 0.717) is 13.1 Å². The van der Waals surface area contributed by atoms with Crippen molar-refractivity contribution in [2.24, 2.45) is 0 Å². The van der Waals surface area contributed by atoms with Gasteiger partial charge in [0.25, 0.3) is 0 Å². The van der Waals surface area contributed by atoms with Crippen molar-refractivity contribution < 1.29 is 13.2 Å². The molecule has 0 aliphatic carbocycles. The van der Waals surface area contributed by atoms with Gasteiger partial charge in [-0.3, -0.25) is 9.78 Å². The van der Waals surface area contributed by atoms with E-state index >= 15 is 0 Å². The summed E-state index contributed by atoms with van der Waals surface area (Å²) < 4.78 is 26.5. The summed E-state index contributed by atoms with van der Waals surface area (Å²) in [5.74, 6) is -0.109. The van der Waals surface area contributed by atoms with Crippen molar-refractivity contribution in [1.82, 2.24) is 14.2 Å². The van der Waals surface area contributed by atoms with Crippen molar-refractivity contribution in [3.63, 3.8) is 0 Å².